The zero-order chi connectivity index (χ0) is 34.8. The summed E-state index contributed by atoms with van der Waals surface area (Å²) in [5.74, 6) is 1.20. The van der Waals surface area contributed by atoms with Crippen molar-refractivity contribution in [1.29, 1.82) is 0 Å². The van der Waals surface area contributed by atoms with Crippen LogP contribution in [0.2, 0.25) is 0 Å². The summed E-state index contributed by atoms with van der Waals surface area (Å²) in [7, 11) is 0. The maximum Gasteiger partial charge on any atom is 0.0702 e. The molecule has 2 heteroatoms. The zero-order valence-corrected chi connectivity index (χ0v) is 30.1. The molecule has 0 spiro atoms. The monoisotopic (exact) mass is 668 g/mol. The smallest absolute Gasteiger partial charge is 0.0702 e. The third-order valence-corrected chi connectivity index (χ3v) is 12.1. The lowest BCUT2D eigenvalue weighted by molar-refractivity contribution is 0.784. The number of nitrogens with zero attached hydrogens (tertiary/aromatic N) is 2. The Labute approximate surface area is 304 Å². The van der Waals surface area contributed by atoms with Crippen LogP contribution in [0.1, 0.15) is 73.3 Å². The van der Waals surface area contributed by atoms with E-state index in [9.17, 15) is 0 Å². The largest absolute Gasteiger partial charge is 0.332 e. The van der Waals surface area contributed by atoms with Gasteiger partial charge in [0.15, 0.2) is 0 Å². The van der Waals surface area contributed by atoms with E-state index in [1.165, 1.54) is 99.4 Å². The molecule has 8 aromatic rings. The van der Waals surface area contributed by atoms with Gasteiger partial charge in [-0.05, 0) is 110 Å². The Hall–Kier alpha value is -5.86. The quantitative estimate of drug-likeness (QED) is 0.181. The average molecular weight is 669 g/mol. The van der Waals surface area contributed by atoms with Gasteiger partial charge in [-0.3, -0.25) is 0 Å². The highest BCUT2D eigenvalue weighted by atomic mass is 15.2. The van der Waals surface area contributed by atoms with Gasteiger partial charge in [0.05, 0.1) is 22.8 Å². The van der Waals surface area contributed by atoms with Crippen LogP contribution in [-0.4, -0.2) is 10.6 Å². The molecule has 3 aliphatic rings. The Morgan fingerprint density at radius 3 is 1.96 bits per heavy atom. The molecule has 0 amide bonds. The van der Waals surface area contributed by atoms with Crippen molar-refractivity contribution in [2.75, 3.05) is 4.90 Å². The van der Waals surface area contributed by atoms with Crippen LogP contribution in [0.4, 0.5) is 11.4 Å². The summed E-state index contributed by atoms with van der Waals surface area (Å²) in [5, 5.41) is 7.85. The fraction of sp³-hybridized carbons (Fsp3) is 0.160. The number of fused-ring (bicyclic) bond motifs is 11. The summed E-state index contributed by atoms with van der Waals surface area (Å²) in [6.45, 7) is 9.16. The Morgan fingerprint density at radius 1 is 0.538 bits per heavy atom. The predicted octanol–water partition coefficient (Wildman–Crippen LogP) is 13.4. The molecule has 2 atom stereocenters. The molecular weight excluding hydrogens is 629 g/mol. The van der Waals surface area contributed by atoms with Crippen LogP contribution >= 0.6 is 0 Å². The molecule has 0 bridgehead atoms. The average Bonchev–Trinajstić information content (AvgIpc) is 3.80. The van der Waals surface area contributed by atoms with E-state index in [0.717, 1.165) is 0 Å². The summed E-state index contributed by atoms with van der Waals surface area (Å²) in [4.78, 5) is 2.67. The Balaban J connectivity index is 1.21. The highest BCUT2D eigenvalue weighted by Crippen LogP contribution is 2.60. The van der Waals surface area contributed by atoms with Crippen molar-refractivity contribution >= 4 is 65.9 Å². The van der Waals surface area contributed by atoms with E-state index in [-0.39, 0.29) is 12.0 Å². The number of aromatic nitrogens is 1. The van der Waals surface area contributed by atoms with Gasteiger partial charge >= 0.3 is 0 Å². The lowest BCUT2D eigenvalue weighted by atomic mass is 9.80. The highest BCUT2D eigenvalue weighted by Gasteiger charge is 2.48. The fourth-order valence-electron chi connectivity index (χ4n) is 9.52. The molecule has 1 aromatic heterocycles. The number of para-hydroxylation sites is 3. The molecule has 0 fully saturated rings. The van der Waals surface area contributed by atoms with E-state index in [1.54, 1.807) is 0 Å². The summed E-state index contributed by atoms with van der Waals surface area (Å²) in [6.07, 6.45) is 5.12. The summed E-state index contributed by atoms with van der Waals surface area (Å²) >= 11 is 0. The van der Waals surface area contributed by atoms with Crippen molar-refractivity contribution in [3.63, 3.8) is 0 Å². The highest BCUT2D eigenvalue weighted by molar-refractivity contribution is 6.15. The number of benzene rings is 7. The van der Waals surface area contributed by atoms with Gasteiger partial charge in [-0.1, -0.05) is 125 Å². The maximum absolute atomic E-state index is 2.67. The normalized spacial score (nSPS) is 17.4. The van der Waals surface area contributed by atoms with Gasteiger partial charge in [-0.25, -0.2) is 0 Å². The lowest BCUT2D eigenvalue weighted by Gasteiger charge is -2.27. The van der Waals surface area contributed by atoms with Crippen LogP contribution in [0.25, 0.3) is 60.2 Å². The first kappa shape index (κ1) is 29.8. The molecule has 2 unspecified atom stereocenters. The van der Waals surface area contributed by atoms with Crippen molar-refractivity contribution in [2.24, 2.45) is 0 Å². The van der Waals surface area contributed by atoms with Crippen LogP contribution in [0.5, 0.6) is 0 Å². The van der Waals surface area contributed by atoms with E-state index in [1.807, 2.05) is 0 Å². The Morgan fingerprint density at radius 2 is 1.21 bits per heavy atom. The number of hydrogen-bond donors (Lipinski definition) is 0. The Kier molecular flexibility index (Phi) is 6.21. The van der Waals surface area contributed by atoms with Gasteiger partial charge in [0.1, 0.15) is 0 Å². The van der Waals surface area contributed by atoms with Crippen LogP contribution in [-0.2, 0) is 0 Å². The molecule has 1 aliphatic carbocycles. The van der Waals surface area contributed by atoms with Crippen molar-refractivity contribution in [2.45, 2.75) is 51.5 Å². The second-order valence-electron chi connectivity index (χ2n) is 15.8. The van der Waals surface area contributed by atoms with E-state index >= 15 is 0 Å². The van der Waals surface area contributed by atoms with Gasteiger partial charge < -0.3 is 9.47 Å². The van der Waals surface area contributed by atoms with E-state index in [4.69, 9.17) is 0 Å². The molecule has 250 valence electrons. The van der Waals surface area contributed by atoms with Crippen LogP contribution in [0.3, 0.4) is 0 Å². The first-order chi connectivity index (χ1) is 25.4. The molecule has 3 heterocycles. The number of anilines is 2. The van der Waals surface area contributed by atoms with Crippen molar-refractivity contribution < 1.29 is 0 Å². The van der Waals surface area contributed by atoms with Crippen molar-refractivity contribution in [3.05, 3.63) is 173 Å². The van der Waals surface area contributed by atoms with Gasteiger partial charge in [0, 0.05) is 39.2 Å². The second kappa shape index (κ2) is 10.8. The fourth-order valence-corrected chi connectivity index (χ4v) is 9.52. The summed E-state index contributed by atoms with van der Waals surface area (Å²) in [5.41, 5.74) is 16.0. The van der Waals surface area contributed by atoms with Crippen molar-refractivity contribution in [1.82, 2.24) is 4.57 Å². The van der Waals surface area contributed by atoms with Gasteiger partial charge in [-0.2, -0.15) is 0 Å². The third-order valence-electron chi connectivity index (χ3n) is 12.1. The molecule has 2 nitrogen and oxygen atoms in total. The summed E-state index contributed by atoms with van der Waals surface area (Å²) < 4.78 is 2.48. The number of rotatable bonds is 4. The molecule has 0 N–H and O–H groups in total. The third kappa shape index (κ3) is 4.12. The molecule has 2 aliphatic heterocycles. The first-order valence-corrected chi connectivity index (χ1v) is 18.9. The first-order valence-electron chi connectivity index (χ1n) is 18.9. The molecule has 0 saturated carbocycles. The standard InChI is InChI=1S/C50H40N2/c1-29(2)31-17-19-33-27-47-42(23-35(33)21-31)44-25-37(26-45-43-24-36-22-32(30(3)4)18-20-34(36)28-48(43)52(47)50(44)45)39-14-10-15-41-40-13-8-9-16-46(40)51(49(39)41)38-11-6-5-7-12-38/h5-30,44,50H,1-4H3. The molecular formula is C50H40N2. The number of allylic oxidation sites excluding steroid dienone is 2. The molecule has 0 radical (unpaired) electrons. The Bertz CT molecular complexity index is 2860. The second-order valence-corrected chi connectivity index (χ2v) is 15.8. The van der Waals surface area contributed by atoms with Crippen LogP contribution in [0.15, 0.2) is 146 Å². The molecule has 7 aromatic carbocycles. The van der Waals surface area contributed by atoms with Crippen LogP contribution in [0, 0.1) is 0 Å². The van der Waals surface area contributed by atoms with Gasteiger partial charge in [0.2, 0.25) is 0 Å². The van der Waals surface area contributed by atoms with E-state index in [0.29, 0.717) is 11.8 Å². The topological polar surface area (TPSA) is 8.17 Å². The number of hydrogen-bond acceptors (Lipinski definition) is 1. The molecule has 52 heavy (non-hydrogen) atoms. The van der Waals surface area contributed by atoms with E-state index in [2.05, 4.69) is 183 Å². The predicted molar refractivity (Wildman–Crippen MR) is 221 cm³/mol. The van der Waals surface area contributed by atoms with Crippen LogP contribution < -0.4 is 4.90 Å². The maximum atomic E-state index is 2.67. The SMILES string of the molecule is CC(C)c1ccc2cc3c(cc2c1)C1=CC(c2cccc4c5ccccc5n(-c5ccccc5)c24)=CC2c4cc5cc(C(C)C)ccc5cc4N3C12. The minimum Gasteiger partial charge on any atom is -0.332 e. The minimum atomic E-state index is 0.226. The molecule has 11 rings (SSSR count). The summed E-state index contributed by atoms with van der Waals surface area (Å²) in [6, 6.07) is 50.9. The van der Waals surface area contributed by atoms with Crippen molar-refractivity contribution in [3.8, 4) is 5.69 Å². The van der Waals surface area contributed by atoms with Gasteiger partial charge in [0.25, 0.3) is 0 Å². The molecule has 0 saturated heterocycles. The van der Waals surface area contributed by atoms with Gasteiger partial charge in [-0.15, -0.1) is 0 Å². The minimum absolute atomic E-state index is 0.226. The van der Waals surface area contributed by atoms with E-state index < -0.39 is 0 Å². The zero-order valence-electron chi connectivity index (χ0n) is 30.1. The lowest BCUT2D eigenvalue weighted by Crippen LogP contribution is -2.26.